The van der Waals surface area contributed by atoms with Crippen LogP contribution in [-0.4, -0.2) is 32.2 Å². The lowest BCUT2D eigenvalue weighted by Crippen LogP contribution is -2.36. The first-order chi connectivity index (χ1) is 13.6. The smallest absolute Gasteiger partial charge is 0.378 e. The maximum atomic E-state index is 13.7. The second-order valence-electron chi connectivity index (χ2n) is 6.76. The summed E-state index contributed by atoms with van der Waals surface area (Å²) in [4.78, 5) is 14.1. The van der Waals surface area contributed by atoms with Gasteiger partial charge in [-0.3, -0.25) is 4.79 Å². The molecule has 4 nitrogen and oxygen atoms in total. The van der Waals surface area contributed by atoms with Crippen LogP contribution >= 0.6 is 0 Å². The molecular formula is C20H19F5N2O2. The first-order valence-electron chi connectivity index (χ1n) is 8.93. The minimum atomic E-state index is -4.68. The predicted octanol–water partition coefficient (Wildman–Crippen LogP) is 4.31. The zero-order valence-corrected chi connectivity index (χ0v) is 15.6. The summed E-state index contributed by atoms with van der Waals surface area (Å²) in [6, 6.07) is 5.49. The summed E-state index contributed by atoms with van der Waals surface area (Å²) >= 11 is 0. The molecule has 0 aliphatic carbocycles. The Morgan fingerprint density at radius 1 is 1.10 bits per heavy atom. The first-order valence-corrected chi connectivity index (χ1v) is 8.93. The number of morpholine rings is 1. The van der Waals surface area contributed by atoms with E-state index in [1.54, 1.807) is 11.0 Å². The van der Waals surface area contributed by atoms with Gasteiger partial charge in [0.25, 0.3) is 0 Å². The standard InChI is InChI=1S/C20H19F5N2O2/c1-12-8-14(27-4-6-29-7-5-27)11-15(20(23,24)25)19(12)26-18(28)10-13-2-3-16(21)17(22)9-13/h2-3,8-9,11H,4-7,10H2,1H3,(H,26,28). The predicted molar refractivity (Wildman–Crippen MR) is 97.9 cm³/mol. The Morgan fingerprint density at radius 2 is 1.79 bits per heavy atom. The van der Waals surface area contributed by atoms with Gasteiger partial charge in [-0.1, -0.05) is 6.07 Å². The molecule has 0 saturated carbocycles. The molecule has 156 valence electrons. The third-order valence-corrected chi connectivity index (χ3v) is 4.62. The van der Waals surface area contributed by atoms with Gasteiger partial charge in [0.1, 0.15) is 0 Å². The highest BCUT2D eigenvalue weighted by molar-refractivity contribution is 5.94. The fourth-order valence-electron chi connectivity index (χ4n) is 3.18. The van der Waals surface area contributed by atoms with E-state index in [0.717, 1.165) is 18.2 Å². The average molecular weight is 414 g/mol. The Kier molecular flexibility index (Phi) is 6.07. The first kappa shape index (κ1) is 21.0. The van der Waals surface area contributed by atoms with Crippen LogP contribution in [0.2, 0.25) is 0 Å². The molecule has 0 bridgehead atoms. The molecule has 2 aromatic carbocycles. The molecule has 0 spiro atoms. The lowest BCUT2D eigenvalue weighted by molar-refractivity contribution is -0.137. The Hall–Kier alpha value is -2.68. The normalized spacial score (nSPS) is 14.8. The van der Waals surface area contributed by atoms with Gasteiger partial charge in [0, 0.05) is 18.8 Å². The number of ether oxygens (including phenoxy) is 1. The summed E-state index contributed by atoms with van der Waals surface area (Å²) in [5.41, 5.74) is -0.506. The molecule has 1 aliphatic heterocycles. The van der Waals surface area contributed by atoms with Crippen LogP contribution in [-0.2, 0) is 22.1 Å². The molecule has 1 saturated heterocycles. The van der Waals surface area contributed by atoms with Gasteiger partial charge in [-0.2, -0.15) is 13.2 Å². The van der Waals surface area contributed by atoms with Crippen LogP contribution in [0.3, 0.4) is 0 Å². The number of nitrogens with zero attached hydrogens (tertiary/aromatic N) is 1. The third kappa shape index (κ3) is 5.03. The second kappa shape index (κ2) is 8.36. The van der Waals surface area contributed by atoms with Crippen molar-refractivity contribution < 1.29 is 31.5 Å². The number of hydrogen-bond acceptors (Lipinski definition) is 3. The van der Waals surface area contributed by atoms with E-state index < -0.39 is 29.3 Å². The number of alkyl halides is 3. The number of carbonyl (C=O) groups excluding carboxylic acids is 1. The van der Waals surface area contributed by atoms with Crippen LogP contribution in [0, 0.1) is 18.6 Å². The summed E-state index contributed by atoms with van der Waals surface area (Å²) in [7, 11) is 0. The van der Waals surface area contributed by atoms with Crippen molar-refractivity contribution in [2.45, 2.75) is 19.5 Å². The van der Waals surface area contributed by atoms with Crippen molar-refractivity contribution in [2.75, 3.05) is 36.5 Å². The number of carbonyl (C=O) groups is 1. The molecule has 0 atom stereocenters. The van der Waals surface area contributed by atoms with Gasteiger partial charge in [0.15, 0.2) is 11.6 Å². The number of rotatable bonds is 4. The van der Waals surface area contributed by atoms with Gasteiger partial charge < -0.3 is 15.0 Å². The maximum Gasteiger partial charge on any atom is 0.418 e. The van der Waals surface area contributed by atoms with Crippen molar-refractivity contribution in [2.24, 2.45) is 0 Å². The van der Waals surface area contributed by atoms with E-state index in [2.05, 4.69) is 5.32 Å². The highest BCUT2D eigenvalue weighted by Crippen LogP contribution is 2.39. The zero-order valence-electron chi connectivity index (χ0n) is 15.6. The highest BCUT2D eigenvalue weighted by Gasteiger charge is 2.35. The number of anilines is 2. The number of aryl methyl sites for hydroxylation is 1. The van der Waals surface area contributed by atoms with Gasteiger partial charge in [0.05, 0.1) is 30.9 Å². The number of halogens is 5. The quantitative estimate of drug-likeness (QED) is 0.759. The molecule has 0 aromatic heterocycles. The van der Waals surface area contributed by atoms with Crippen LogP contribution in [0.15, 0.2) is 30.3 Å². The van der Waals surface area contributed by atoms with Gasteiger partial charge in [-0.25, -0.2) is 8.78 Å². The van der Waals surface area contributed by atoms with E-state index in [4.69, 9.17) is 4.74 Å². The fraction of sp³-hybridized carbons (Fsp3) is 0.350. The van der Waals surface area contributed by atoms with E-state index in [1.165, 1.54) is 13.0 Å². The number of nitrogens with one attached hydrogen (secondary N) is 1. The number of benzene rings is 2. The molecule has 1 heterocycles. The zero-order chi connectivity index (χ0) is 21.2. The molecule has 1 amide bonds. The Morgan fingerprint density at radius 3 is 2.41 bits per heavy atom. The van der Waals surface area contributed by atoms with Crippen molar-refractivity contribution in [1.29, 1.82) is 0 Å². The highest BCUT2D eigenvalue weighted by atomic mass is 19.4. The van der Waals surface area contributed by atoms with Gasteiger partial charge in [0.2, 0.25) is 5.91 Å². The monoisotopic (exact) mass is 414 g/mol. The molecule has 0 radical (unpaired) electrons. The molecule has 9 heteroatoms. The molecule has 3 rings (SSSR count). The van der Waals surface area contributed by atoms with E-state index in [-0.39, 0.29) is 23.2 Å². The topological polar surface area (TPSA) is 41.6 Å². The van der Waals surface area contributed by atoms with Crippen LogP contribution < -0.4 is 10.2 Å². The molecule has 2 aromatic rings. The summed E-state index contributed by atoms with van der Waals surface area (Å²) in [5, 5.41) is 2.28. The molecular weight excluding hydrogens is 395 g/mol. The number of hydrogen-bond donors (Lipinski definition) is 1. The minimum Gasteiger partial charge on any atom is -0.378 e. The lowest BCUT2D eigenvalue weighted by Gasteiger charge is -2.30. The summed E-state index contributed by atoms with van der Waals surface area (Å²) in [5.74, 6) is -2.95. The Labute approximate surface area is 164 Å². The van der Waals surface area contributed by atoms with Gasteiger partial charge in [-0.05, 0) is 42.3 Å². The molecule has 1 fully saturated rings. The molecule has 29 heavy (non-hydrogen) atoms. The molecule has 1 N–H and O–H groups in total. The van der Waals surface area contributed by atoms with Crippen molar-refractivity contribution in [1.82, 2.24) is 0 Å². The third-order valence-electron chi connectivity index (χ3n) is 4.62. The Balaban J connectivity index is 1.86. The molecule has 0 unspecified atom stereocenters. The van der Waals surface area contributed by atoms with Gasteiger partial charge >= 0.3 is 6.18 Å². The van der Waals surface area contributed by atoms with Crippen LogP contribution in [0.25, 0.3) is 0 Å². The minimum absolute atomic E-state index is 0.151. The van der Waals surface area contributed by atoms with E-state index in [0.29, 0.717) is 32.0 Å². The van der Waals surface area contributed by atoms with Crippen molar-refractivity contribution in [3.05, 3.63) is 58.7 Å². The Bertz CT molecular complexity index is 908. The SMILES string of the molecule is Cc1cc(N2CCOCC2)cc(C(F)(F)F)c1NC(=O)Cc1ccc(F)c(F)c1. The van der Waals surface area contributed by atoms with Crippen molar-refractivity contribution in [3.63, 3.8) is 0 Å². The van der Waals surface area contributed by atoms with Gasteiger partial charge in [-0.15, -0.1) is 0 Å². The summed E-state index contributed by atoms with van der Waals surface area (Å²) in [6.45, 7) is 3.27. The average Bonchev–Trinajstić information content (AvgIpc) is 2.66. The van der Waals surface area contributed by atoms with Crippen LogP contribution in [0.1, 0.15) is 16.7 Å². The number of amides is 1. The van der Waals surface area contributed by atoms with Crippen LogP contribution in [0.5, 0.6) is 0 Å². The summed E-state index contributed by atoms with van der Waals surface area (Å²) in [6.07, 6.45) is -5.07. The van der Waals surface area contributed by atoms with E-state index in [1.807, 2.05) is 0 Å². The van der Waals surface area contributed by atoms with Crippen molar-refractivity contribution in [3.8, 4) is 0 Å². The van der Waals surface area contributed by atoms with E-state index in [9.17, 15) is 26.7 Å². The van der Waals surface area contributed by atoms with E-state index >= 15 is 0 Å². The van der Waals surface area contributed by atoms with Crippen molar-refractivity contribution >= 4 is 17.3 Å². The van der Waals surface area contributed by atoms with Crippen LogP contribution in [0.4, 0.5) is 33.3 Å². The fourth-order valence-corrected chi connectivity index (χ4v) is 3.18. The lowest BCUT2D eigenvalue weighted by atomic mass is 10.0. The maximum absolute atomic E-state index is 13.7. The second-order valence-corrected chi connectivity index (χ2v) is 6.76. The summed E-state index contributed by atoms with van der Waals surface area (Å²) < 4.78 is 72.5. The largest absolute Gasteiger partial charge is 0.418 e. The molecule has 1 aliphatic rings.